The molecule has 1 aliphatic heterocycles. The van der Waals surface area contributed by atoms with Crippen LogP contribution in [0.5, 0.6) is 0 Å². The fourth-order valence-corrected chi connectivity index (χ4v) is 3.80. The Hall–Kier alpha value is -2.37. The second kappa shape index (κ2) is 5.92. The van der Waals surface area contributed by atoms with Crippen molar-refractivity contribution in [1.82, 2.24) is 15.1 Å². The van der Waals surface area contributed by atoms with Gasteiger partial charge in [-0.05, 0) is 36.8 Å². The summed E-state index contributed by atoms with van der Waals surface area (Å²) < 4.78 is 0. The van der Waals surface area contributed by atoms with Crippen LogP contribution in [0.25, 0.3) is 0 Å². The molecule has 3 aliphatic rings. The van der Waals surface area contributed by atoms with E-state index in [2.05, 4.69) is 17.4 Å². The summed E-state index contributed by atoms with van der Waals surface area (Å²) in [4.78, 5) is 39.5. The molecule has 1 N–H and O–H groups in total. The number of benzene rings is 1. The van der Waals surface area contributed by atoms with Gasteiger partial charge in [0.15, 0.2) is 0 Å². The van der Waals surface area contributed by atoms with Crippen molar-refractivity contribution < 1.29 is 14.4 Å². The van der Waals surface area contributed by atoms with Crippen molar-refractivity contribution in [2.24, 2.45) is 0 Å². The van der Waals surface area contributed by atoms with Gasteiger partial charge in [-0.3, -0.25) is 14.9 Å². The molecule has 24 heavy (non-hydrogen) atoms. The predicted octanol–water partition coefficient (Wildman–Crippen LogP) is 1.61. The van der Waals surface area contributed by atoms with E-state index in [9.17, 15) is 14.4 Å². The molecular weight excluding hydrogens is 306 g/mol. The van der Waals surface area contributed by atoms with E-state index in [1.807, 2.05) is 17.0 Å². The van der Waals surface area contributed by atoms with Crippen molar-refractivity contribution in [1.29, 1.82) is 0 Å². The molecule has 0 radical (unpaired) electrons. The summed E-state index contributed by atoms with van der Waals surface area (Å²) in [5, 5.41) is 2.28. The number of urea groups is 1. The smallest absolute Gasteiger partial charge is 0.324 e. The number of carbonyl (C=O) groups excluding carboxylic acids is 3. The minimum absolute atomic E-state index is 0.0105. The van der Waals surface area contributed by atoms with Crippen molar-refractivity contribution in [2.45, 2.75) is 44.2 Å². The Morgan fingerprint density at radius 3 is 2.71 bits per heavy atom. The molecule has 1 heterocycles. The molecule has 0 aromatic heterocycles. The Morgan fingerprint density at radius 1 is 1.17 bits per heavy atom. The summed E-state index contributed by atoms with van der Waals surface area (Å²) in [6.07, 6.45) is 4.28. The highest BCUT2D eigenvalue weighted by Crippen LogP contribution is 2.41. The monoisotopic (exact) mass is 327 g/mol. The molecule has 1 saturated carbocycles. The quantitative estimate of drug-likeness (QED) is 0.913. The van der Waals surface area contributed by atoms with E-state index in [1.165, 1.54) is 16.0 Å². The lowest BCUT2D eigenvalue weighted by Crippen LogP contribution is -2.53. The van der Waals surface area contributed by atoms with Gasteiger partial charge < -0.3 is 9.80 Å². The van der Waals surface area contributed by atoms with Crippen molar-refractivity contribution in [2.75, 3.05) is 13.1 Å². The van der Waals surface area contributed by atoms with Gasteiger partial charge in [-0.1, -0.05) is 24.3 Å². The van der Waals surface area contributed by atoms with Crippen LogP contribution in [0.4, 0.5) is 4.79 Å². The van der Waals surface area contributed by atoms with Crippen molar-refractivity contribution in [3.8, 4) is 0 Å². The largest absolute Gasteiger partial charge is 0.331 e. The first kappa shape index (κ1) is 15.2. The number of carbonyl (C=O) groups is 3. The van der Waals surface area contributed by atoms with Crippen LogP contribution in [0.1, 0.15) is 42.9 Å². The maximum Gasteiger partial charge on any atom is 0.324 e. The molecule has 4 rings (SSSR count). The average molecular weight is 327 g/mol. The highest BCUT2D eigenvalue weighted by Gasteiger charge is 2.41. The molecule has 1 saturated heterocycles. The third kappa shape index (κ3) is 2.77. The number of rotatable bonds is 4. The number of fused-ring (bicyclic) bond motifs is 1. The molecule has 6 heteroatoms. The van der Waals surface area contributed by atoms with Gasteiger partial charge in [-0.15, -0.1) is 0 Å². The van der Waals surface area contributed by atoms with Gasteiger partial charge in [0.25, 0.3) is 0 Å². The number of nitrogens with one attached hydrogen (secondary N) is 1. The highest BCUT2D eigenvalue weighted by molar-refractivity contribution is 5.98. The summed E-state index contributed by atoms with van der Waals surface area (Å²) in [6, 6.07) is 8.27. The third-order valence-corrected chi connectivity index (χ3v) is 5.13. The summed E-state index contributed by atoms with van der Waals surface area (Å²) in [5.41, 5.74) is 2.57. The number of hydrogen-bond acceptors (Lipinski definition) is 3. The van der Waals surface area contributed by atoms with Crippen LogP contribution in [0.15, 0.2) is 24.3 Å². The van der Waals surface area contributed by atoms with Crippen molar-refractivity contribution in [3.63, 3.8) is 0 Å². The minimum atomic E-state index is -0.456. The molecule has 2 fully saturated rings. The average Bonchev–Trinajstić information content (AvgIpc) is 3.31. The zero-order valence-electron chi connectivity index (χ0n) is 13.5. The molecule has 6 nitrogen and oxygen atoms in total. The first-order valence-corrected chi connectivity index (χ1v) is 8.61. The fraction of sp³-hybridized carbons (Fsp3) is 0.500. The van der Waals surface area contributed by atoms with Crippen LogP contribution in [0.2, 0.25) is 0 Å². The van der Waals surface area contributed by atoms with Gasteiger partial charge in [-0.25, -0.2) is 4.79 Å². The number of amides is 4. The Labute approximate surface area is 140 Å². The lowest BCUT2D eigenvalue weighted by molar-refractivity contribution is -0.136. The predicted molar refractivity (Wildman–Crippen MR) is 87.1 cm³/mol. The zero-order chi connectivity index (χ0) is 16.7. The molecule has 1 aromatic carbocycles. The topological polar surface area (TPSA) is 69.7 Å². The molecule has 1 atom stereocenters. The van der Waals surface area contributed by atoms with E-state index < -0.39 is 6.03 Å². The maximum atomic E-state index is 12.9. The Bertz CT molecular complexity index is 699. The summed E-state index contributed by atoms with van der Waals surface area (Å²) in [5.74, 6) is -0.281. The Kier molecular flexibility index (Phi) is 3.75. The molecule has 4 amide bonds. The molecule has 2 aliphatic carbocycles. The van der Waals surface area contributed by atoms with Gasteiger partial charge in [0.05, 0.1) is 6.04 Å². The van der Waals surface area contributed by atoms with Crippen LogP contribution < -0.4 is 5.32 Å². The zero-order valence-corrected chi connectivity index (χ0v) is 13.5. The summed E-state index contributed by atoms with van der Waals surface area (Å²) in [7, 11) is 0. The molecule has 0 spiro atoms. The lowest BCUT2D eigenvalue weighted by atomic mass is 10.1. The van der Waals surface area contributed by atoms with E-state index in [0.717, 1.165) is 25.7 Å². The number of aryl methyl sites for hydroxylation is 1. The van der Waals surface area contributed by atoms with Crippen molar-refractivity contribution >= 4 is 17.8 Å². The normalized spacial score (nSPS) is 23.0. The first-order valence-electron chi connectivity index (χ1n) is 8.61. The van der Waals surface area contributed by atoms with Gasteiger partial charge >= 0.3 is 6.03 Å². The van der Waals surface area contributed by atoms with E-state index in [0.29, 0.717) is 12.6 Å². The van der Waals surface area contributed by atoms with Gasteiger partial charge in [0.2, 0.25) is 11.8 Å². The summed E-state index contributed by atoms with van der Waals surface area (Å²) >= 11 is 0. The van der Waals surface area contributed by atoms with E-state index in [4.69, 9.17) is 0 Å². The van der Waals surface area contributed by atoms with Crippen LogP contribution in [-0.2, 0) is 16.0 Å². The summed E-state index contributed by atoms with van der Waals surface area (Å²) in [6.45, 7) is 0.366. The van der Waals surface area contributed by atoms with Crippen LogP contribution in [0.3, 0.4) is 0 Å². The second-order valence-electron chi connectivity index (χ2n) is 6.81. The van der Waals surface area contributed by atoms with Gasteiger partial charge in [0.1, 0.15) is 6.54 Å². The number of imide groups is 1. The molecule has 0 bridgehead atoms. The SMILES string of the molecule is O=C1CCN(CC(=O)N(C2CC2)C2CCc3ccccc32)C(=O)N1. The van der Waals surface area contributed by atoms with Crippen LogP contribution in [-0.4, -0.2) is 46.8 Å². The third-order valence-electron chi connectivity index (χ3n) is 5.13. The minimum Gasteiger partial charge on any atom is -0.331 e. The second-order valence-corrected chi connectivity index (χ2v) is 6.81. The molecular formula is C18H21N3O3. The van der Waals surface area contributed by atoms with E-state index in [-0.39, 0.29) is 30.8 Å². The first-order chi connectivity index (χ1) is 11.6. The van der Waals surface area contributed by atoms with E-state index in [1.54, 1.807) is 0 Å². The molecule has 1 unspecified atom stereocenters. The van der Waals surface area contributed by atoms with Gasteiger partial charge in [0, 0.05) is 19.0 Å². The Morgan fingerprint density at radius 2 is 1.96 bits per heavy atom. The number of hydrogen-bond donors (Lipinski definition) is 1. The lowest BCUT2D eigenvalue weighted by Gasteiger charge is -2.33. The fourth-order valence-electron chi connectivity index (χ4n) is 3.80. The Balaban J connectivity index is 1.51. The molecule has 1 aromatic rings. The molecule has 126 valence electrons. The highest BCUT2D eigenvalue weighted by atomic mass is 16.2. The van der Waals surface area contributed by atoms with Gasteiger partial charge in [-0.2, -0.15) is 0 Å². The standard InChI is InChI=1S/C18H21N3O3/c22-16-9-10-20(18(24)19-16)11-17(23)21(13-6-7-13)15-8-5-12-3-1-2-4-14(12)15/h1-4,13,15H,5-11H2,(H,19,22,24). The van der Waals surface area contributed by atoms with E-state index >= 15 is 0 Å². The number of nitrogens with zero attached hydrogens (tertiary/aromatic N) is 2. The van der Waals surface area contributed by atoms with Crippen LogP contribution >= 0.6 is 0 Å². The van der Waals surface area contributed by atoms with Crippen LogP contribution in [0, 0.1) is 0 Å². The van der Waals surface area contributed by atoms with Crippen molar-refractivity contribution in [3.05, 3.63) is 35.4 Å². The maximum absolute atomic E-state index is 12.9.